The summed E-state index contributed by atoms with van der Waals surface area (Å²) in [5.41, 5.74) is 3.21. The van der Waals surface area contributed by atoms with Crippen molar-refractivity contribution in [2.75, 3.05) is 5.32 Å². The second kappa shape index (κ2) is 6.51. The number of alkyl halides is 2. The van der Waals surface area contributed by atoms with Crippen molar-refractivity contribution in [3.63, 3.8) is 0 Å². The van der Waals surface area contributed by atoms with Gasteiger partial charge in [-0.3, -0.25) is 0 Å². The molecule has 0 radical (unpaired) electrons. The summed E-state index contributed by atoms with van der Waals surface area (Å²) in [5, 5.41) is 3.25. The van der Waals surface area contributed by atoms with E-state index in [1.165, 1.54) is 11.6 Å². The molecule has 0 aromatic heterocycles. The molecule has 0 aliphatic heterocycles. The molecule has 2 rings (SSSR count). The summed E-state index contributed by atoms with van der Waals surface area (Å²) in [5.74, 6) is 0.506. The first-order valence-electron chi connectivity index (χ1n) is 6.77. The van der Waals surface area contributed by atoms with Crippen LogP contribution in [0.25, 0.3) is 0 Å². The van der Waals surface area contributed by atoms with Crippen molar-refractivity contribution in [2.45, 2.75) is 32.7 Å². The third-order valence-corrected chi connectivity index (χ3v) is 3.28. The third kappa shape index (κ3) is 3.80. The molecule has 2 aromatic rings. The Bertz CT molecular complexity index is 547. The van der Waals surface area contributed by atoms with Gasteiger partial charge in [0, 0.05) is 17.8 Å². The van der Waals surface area contributed by atoms with Crippen LogP contribution in [0.15, 0.2) is 48.5 Å². The van der Waals surface area contributed by atoms with Crippen LogP contribution in [0, 0.1) is 0 Å². The van der Waals surface area contributed by atoms with Gasteiger partial charge in [0.25, 0.3) is 6.43 Å². The summed E-state index contributed by atoms with van der Waals surface area (Å²) in [6.07, 6.45) is -2.42. The normalized spacial score (nSPS) is 11.1. The van der Waals surface area contributed by atoms with Crippen LogP contribution in [0.3, 0.4) is 0 Å². The van der Waals surface area contributed by atoms with Crippen molar-refractivity contribution < 1.29 is 8.78 Å². The van der Waals surface area contributed by atoms with Crippen LogP contribution in [0.2, 0.25) is 0 Å². The van der Waals surface area contributed by atoms with Gasteiger partial charge in [0.2, 0.25) is 0 Å². The van der Waals surface area contributed by atoms with E-state index in [9.17, 15) is 8.78 Å². The minimum Gasteiger partial charge on any atom is -0.381 e. The first-order valence-corrected chi connectivity index (χ1v) is 6.77. The van der Waals surface area contributed by atoms with E-state index in [-0.39, 0.29) is 5.56 Å². The van der Waals surface area contributed by atoms with Crippen LogP contribution < -0.4 is 5.32 Å². The van der Waals surface area contributed by atoms with E-state index in [0.29, 0.717) is 12.5 Å². The van der Waals surface area contributed by atoms with Crippen molar-refractivity contribution in [2.24, 2.45) is 0 Å². The number of nitrogens with one attached hydrogen (secondary N) is 1. The molecule has 0 saturated heterocycles. The molecule has 20 heavy (non-hydrogen) atoms. The lowest BCUT2D eigenvalue weighted by Gasteiger charge is -2.10. The standard InChI is InChI=1S/C17H19F2N/c1-12(2)14-6-8-16(9-7-14)20-11-13-4-3-5-15(10-13)17(18)19/h3-10,12,17,20H,11H2,1-2H3. The molecular formula is C17H19F2N. The van der Waals surface area contributed by atoms with Gasteiger partial charge in [-0.1, -0.05) is 44.2 Å². The van der Waals surface area contributed by atoms with E-state index in [1.807, 2.05) is 18.2 Å². The average molecular weight is 275 g/mol. The zero-order valence-corrected chi connectivity index (χ0v) is 11.7. The highest BCUT2D eigenvalue weighted by Gasteiger charge is 2.06. The van der Waals surface area contributed by atoms with Crippen LogP contribution in [0.1, 0.15) is 42.9 Å². The Morgan fingerprint density at radius 1 is 0.950 bits per heavy atom. The first kappa shape index (κ1) is 14.5. The van der Waals surface area contributed by atoms with Gasteiger partial charge in [-0.05, 0) is 35.2 Å². The summed E-state index contributed by atoms with van der Waals surface area (Å²) in [6, 6.07) is 14.7. The van der Waals surface area contributed by atoms with Crippen LogP contribution >= 0.6 is 0 Å². The minimum absolute atomic E-state index is 0.0689. The number of hydrogen-bond donors (Lipinski definition) is 1. The first-order chi connectivity index (χ1) is 9.56. The fraction of sp³-hybridized carbons (Fsp3) is 0.294. The Balaban J connectivity index is 1.99. The molecule has 0 bridgehead atoms. The molecule has 1 N–H and O–H groups in total. The number of hydrogen-bond acceptors (Lipinski definition) is 1. The lowest BCUT2D eigenvalue weighted by molar-refractivity contribution is 0.151. The lowest BCUT2D eigenvalue weighted by Crippen LogP contribution is -2.00. The minimum atomic E-state index is -2.42. The van der Waals surface area contributed by atoms with Gasteiger partial charge < -0.3 is 5.32 Å². The summed E-state index contributed by atoms with van der Waals surface area (Å²) in [6.45, 7) is 4.85. The molecule has 0 atom stereocenters. The molecule has 0 aliphatic rings. The van der Waals surface area contributed by atoms with Gasteiger partial charge in [0.05, 0.1) is 0 Å². The van der Waals surface area contributed by atoms with Gasteiger partial charge >= 0.3 is 0 Å². The summed E-state index contributed by atoms with van der Waals surface area (Å²) in [7, 11) is 0. The zero-order valence-electron chi connectivity index (χ0n) is 11.7. The number of halogens is 2. The Kier molecular flexibility index (Phi) is 4.72. The molecule has 0 saturated carbocycles. The van der Waals surface area contributed by atoms with Crippen LogP contribution in [0.4, 0.5) is 14.5 Å². The average Bonchev–Trinajstić information content (AvgIpc) is 2.46. The largest absolute Gasteiger partial charge is 0.381 e. The molecule has 0 aliphatic carbocycles. The van der Waals surface area contributed by atoms with Crippen LogP contribution in [-0.4, -0.2) is 0 Å². The highest BCUT2D eigenvalue weighted by Crippen LogP contribution is 2.21. The SMILES string of the molecule is CC(C)c1ccc(NCc2cccc(C(F)F)c2)cc1. The van der Waals surface area contributed by atoms with Crippen LogP contribution in [-0.2, 0) is 6.54 Å². The highest BCUT2D eigenvalue weighted by molar-refractivity contribution is 5.45. The van der Waals surface area contributed by atoms with Crippen molar-refractivity contribution in [3.05, 3.63) is 65.2 Å². The van der Waals surface area contributed by atoms with Gasteiger partial charge in [-0.2, -0.15) is 0 Å². The molecule has 1 nitrogen and oxygen atoms in total. The molecule has 0 amide bonds. The Hall–Kier alpha value is -1.90. The number of rotatable bonds is 5. The number of benzene rings is 2. The summed E-state index contributed by atoms with van der Waals surface area (Å²) >= 11 is 0. The quantitative estimate of drug-likeness (QED) is 0.774. The van der Waals surface area contributed by atoms with Gasteiger partial charge in [-0.25, -0.2) is 8.78 Å². The fourth-order valence-electron chi connectivity index (χ4n) is 2.03. The molecule has 0 heterocycles. The van der Waals surface area contributed by atoms with E-state index < -0.39 is 6.43 Å². The predicted octanol–water partition coefficient (Wildman–Crippen LogP) is 5.36. The smallest absolute Gasteiger partial charge is 0.263 e. The van der Waals surface area contributed by atoms with Crippen molar-refractivity contribution in [1.82, 2.24) is 0 Å². The second-order valence-corrected chi connectivity index (χ2v) is 5.18. The molecule has 2 aromatic carbocycles. The molecule has 0 fully saturated rings. The van der Waals surface area contributed by atoms with Gasteiger partial charge in [0.1, 0.15) is 0 Å². The van der Waals surface area contributed by atoms with E-state index in [0.717, 1.165) is 11.3 Å². The Morgan fingerprint density at radius 3 is 2.25 bits per heavy atom. The fourth-order valence-corrected chi connectivity index (χ4v) is 2.03. The van der Waals surface area contributed by atoms with Crippen LogP contribution in [0.5, 0.6) is 0 Å². The number of anilines is 1. The van der Waals surface area contributed by atoms with Crippen molar-refractivity contribution in [1.29, 1.82) is 0 Å². The molecule has 0 unspecified atom stereocenters. The van der Waals surface area contributed by atoms with Gasteiger partial charge in [-0.15, -0.1) is 0 Å². The lowest BCUT2D eigenvalue weighted by atomic mass is 10.0. The van der Waals surface area contributed by atoms with E-state index >= 15 is 0 Å². The van der Waals surface area contributed by atoms with Gasteiger partial charge in [0.15, 0.2) is 0 Å². The molecular weight excluding hydrogens is 256 g/mol. The third-order valence-electron chi connectivity index (χ3n) is 3.28. The van der Waals surface area contributed by atoms with E-state index in [1.54, 1.807) is 12.1 Å². The van der Waals surface area contributed by atoms with Crippen molar-refractivity contribution in [3.8, 4) is 0 Å². The topological polar surface area (TPSA) is 12.0 Å². The maximum absolute atomic E-state index is 12.6. The van der Waals surface area contributed by atoms with E-state index in [2.05, 4.69) is 31.3 Å². The zero-order chi connectivity index (χ0) is 14.5. The molecule has 3 heteroatoms. The Labute approximate surface area is 118 Å². The second-order valence-electron chi connectivity index (χ2n) is 5.18. The van der Waals surface area contributed by atoms with Crippen molar-refractivity contribution >= 4 is 5.69 Å². The Morgan fingerprint density at radius 2 is 1.65 bits per heavy atom. The summed E-state index contributed by atoms with van der Waals surface area (Å²) in [4.78, 5) is 0. The van der Waals surface area contributed by atoms with E-state index in [4.69, 9.17) is 0 Å². The maximum Gasteiger partial charge on any atom is 0.263 e. The summed E-state index contributed by atoms with van der Waals surface area (Å²) < 4.78 is 25.2. The molecule has 106 valence electrons. The monoisotopic (exact) mass is 275 g/mol. The highest BCUT2D eigenvalue weighted by atomic mass is 19.3. The maximum atomic E-state index is 12.6. The molecule has 0 spiro atoms. The predicted molar refractivity (Wildman–Crippen MR) is 79.3 cm³/mol.